The van der Waals surface area contributed by atoms with Crippen LogP contribution in [0.5, 0.6) is 0 Å². The van der Waals surface area contributed by atoms with Gasteiger partial charge in [-0.2, -0.15) is 0 Å². The predicted molar refractivity (Wildman–Crippen MR) is 108 cm³/mol. The minimum atomic E-state index is -0.789. The van der Waals surface area contributed by atoms with Gasteiger partial charge in [0.1, 0.15) is 0 Å². The van der Waals surface area contributed by atoms with Gasteiger partial charge in [0.05, 0.1) is 17.8 Å². The van der Waals surface area contributed by atoms with Crippen molar-refractivity contribution in [1.29, 1.82) is 0 Å². The second-order valence-electron chi connectivity index (χ2n) is 8.96. The summed E-state index contributed by atoms with van der Waals surface area (Å²) in [5.41, 5.74) is 0.779. The first-order valence-electron chi connectivity index (χ1n) is 10.9. The average Bonchev–Trinajstić information content (AvgIpc) is 2.70. The van der Waals surface area contributed by atoms with Gasteiger partial charge in [0.25, 0.3) is 0 Å². The lowest BCUT2D eigenvalue weighted by molar-refractivity contribution is -0.164. The van der Waals surface area contributed by atoms with Gasteiger partial charge in [-0.3, -0.25) is 4.79 Å². The number of rotatable bonds is 7. The number of allylic oxidation sites excluding steroid dienone is 1. The molecule has 0 bridgehead atoms. The highest BCUT2D eigenvalue weighted by atomic mass is 16.5. The molecule has 0 aliphatic heterocycles. The Labute approximate surface area is 168 Å². The van der Waals surface area contributed by atoms with Crippen LogP contribution in [0, 0.1) is 23.7 Å². The molecule has 3 aliphatic rings. The van der Waals surface area contributed by atoms with Crippen LogP contribution >= 0.6 is 0 Å². The molecule has 158 valence electrons. The van der Waals surface area contributed by atoms with Crippen LogP contribution in [0.25, 0.3) is 0 Å². The quantitative estimate of drug-likeness (QED) is 0.575. The summed E-state index contributed by atoms with van der Waals surface area (Å²) in [6.07, 6.45) is 13.0. The van der Waals surface area contributed by atoms with E-state index in [4.69, 9.17) is 9.84 Å². The Kier molecular flexibility index (Phi) is 7.00. The fraction of sp³-hybridized carbons (Fsp3) is 0.783. The first-order valence-corrected chi connectivity index (χ1v) is 10.9. The van der Waals surface area contributed by atoms with Crippen LogP contribution in [0.2, 0.25) is 0 Å². The van der Waals surface area contributed by atoms with Crippen LogP contribution in [0.15, 0.2) is 23.8 Å². The Morgan fingerprint density at radius 2 is 2.00 bits per heavy atom. The maximum absolute atomic E-state index is 10.8. The van der Waals surface area contributed by atoms with E-state index in [9.17, 15) is 15.0 Å². The smallest absolute Gasteiger partial charge is 0.303 e. The van der Waals surface area contributed by atoms with Gasteiger partial charge in [0, 0.05) is 25.4 Å². The van der Waals surface area contributed by atoms with Crippen LogP contribution in [0.1, 0.15) is 64.7 Å². The minimum absolute atomic E-state index is 0.0430. The van der Waals surface area contributed by atoms with Crippen molar-refractivity contribution in [2.24, 2.45) is 23.7 Å². The van der Waals surface area contributed by atoms with Crippen molar-refractivity contribution in [3.63, 3.8) is 0 Å². The highest BCUT2D eigenvalue weighted by molar-refractivity contribution is 5.66. The van der Waals surface area contributed by atoms with Crippen molar-refractivity contribution < 1.29 is 24.9 Å². The molecule has 0 heterocycles. The summed E-state index contributed by atoms with van der Waals surface area (Å²) >= 11 is 0. The molecule has 3 saturated carbocycles. The van der Waals surface area contributed by atoms with Gasteiger partial charge in [-0.05, 0) is 49.5 Å². The van der Waals surface area contributed by atoms with Gasteiger partial charge in [-0.25, -0.2) is 0 Å². The van der Waals surface area contributed by atoms with Crippen molar-refractivity contribution in [3.8, 4) is 0 Å². The van der Waals surface area contributed by atoms with Gasteiger partial charge in [-0.15, -0.1) is 0 Å². The molecule has 3 aliphatic carbocycles. The third kappa shape index (κ3) is 4.07. The topological polar surface area (TPSA) is 87.0 Å². The molecule has 0 radical (unpaired) electrons. The standard InChI is InChI=1S/C23H36O5/c1-15-18(9-6-10-21(26)27)23(28-2)14-13-20(25)17(22(15)23)11-12-19(24)16-7-4-3-5-8-16/h9,11-12,15-17,19-20,22,24-25H,3-8,10,13-14H2,1-2H3,(H,26,27)/b12-11+,18-9?/t15?,17-,19?,20+,22+,23-/m0/s1. The summed E-state index contributed by atoms with van der Waals surface area (Å²) in [6.45, 7) is 2.14. The van der Waals surface area contributed by atoms with Crippen molar-refractivity contribution in [2.75, 3.05) is 7.11 Å². The number of methoxy groups -OCH3 is 1. The van der Waals surface area contributed by atoms with Gasteiger partial charge >= 0.3 is 5.97 Å². The number of carboxylic acid groups (broad SMARTS) is 1. The molecule has 0 amide bonds. The van der Waals surface area contributed by atoms with Gasteiger partial charge in [0.2, 0.25) is 0 Å². The predicted octanol–water partition coefficient (Wildman–Crippen LogP) is 3.70. The molecular formula is C23H36O5. The second kappa shape index (κ2) is 9.10. The molecule has 28 heavy (non-hydrogen) atoms. The largest absolute Gasteiger partial charge is 0.481 e. The number of hydrogen-bond donors (Lipinski definition) is 3. The minimum Gasteiger partial charge on any atom is -0.481 e. The summed E-state index contributed by atoms with van der Waals surface area (Å²) in [5, 5.41) is 30.2. The fourth-order valence-corrected chi connectivity index (χ4v) is 6.02. The number of carbonyl (C=O) groups is 1. The molecule has 0 aromatic heterocycles. The lowest BCUT2D eigenvalue weighted by Gasteiger charge is -2.62. The van der Waals surface area contributed by atoms with E-state index >= 15 is 0 Å². The number of fused-ring (bicyclic) bond motifs is 1. The lowest BCUT2D eigenvalue weighted by Crippen LogP contribution is -2.64. The summed E-state index contributed by atoms with van der Waals surface area (Å²) in [6, 6.07) is 0. The third-order valence-corrected chi connectivity index (χ3v) is 7.48. The first-order chi connectivity index (χ1) is 13.4. The molecular weight excluding hydrogens is 356 g/mol. The summed E-state index contributed by atoms with van der Waals surface area (Å²) in [5.74, 6) is -0.0949. The van der Waals surface area contributed by atoms with Crippen LogP contribution in [0.3, 0.4) is 0 Å². The monoisotopic (exact) mass is 392 g/mol. The van der Waals surface area contributed by atoms with Crippen LogP contribution in [0.4, 0.5) is 0 Å². The van der Waals surface area contributed by atoms with Gasteiger partial charge in [-0.1, -0.05) is 44.4 Å². The molecule has 0 aromatic carbocycles. The Hall–Kier alpha value is -1.17. The number of aliphatic hydroxyl groups excluding tert-OH is 2. The number of aliphatic carboxylic acids is 1. The molecule has 5 heteroatoms. The molecule has 0 saturated heterocycles. The molecule has 3 fully saturated rings. The Balaban J connectivity index is 1.73. The molecule has 5 nitrogen and oxygen atoms in total. The molecule has 2 unspecified atom stereocenters. The molecule has 3 N–H and O–H groups in total. The second-order valence-corrected chi connectivity index (χ2v) is 8.96. The van der Waals surface area contributed by atoms with E-state index in [0.29, 0.717) is 18.8 Å². The molecule has 6 atom stereocenters. The van der Waals surface area contributed by atoms with E-state index in [1.54, 1.807) is 7.11 Å². The summed E-state index contributed by atoms with van der Waals surface area (Å²) in [7, 11) is 1.72. The first kappa shape index (κ1) is 21.5. The van der Waals surface area contributed by atoms with Crippen molar-refractivity contribution >= 4 is 5.97 Å². The average molecular weight is 393 g/mol. The van der Waals surface area contributed by atoms with Crippen molar-refractivity contribution in [1.82, 2.24) is 0 Å². The lowest BCUT2D eigenvalue weighted by atomic mass is 9.48. The Morgan fingerprint density at radius 3 is 2.64 bits per heavy atom. The zero-order valence-corrected chi connectivity index (χ0v) is 17.2. The Bertz CT molecular complexity index is 606. The zero-order chi connectivity index (χ0) is 20.3. The zero-order valence-electron chi connectivity index (χ0n) is 17.2. The number of ether oxygens (including phenoxy) is 1. The SMILES string of the molecule is CO[C@]12CC[C@@H](O)[C@H](/C=C/C(O)C3CCCCC3)[C@H]1C(C)C2=CCCC(=O)O. The number of aliphatic hydroxyl groups is 2. The fourth-order valence-electron chi connectivity index (χ4n) is 6.02. The van der Waals surface area contributed by atoms with Crippen molar-refractivity contribution in [2.45, 2.75) is 82.5 Å². The normalized spacial score (nSPS) is 38.9. The molecule has 3 rings (SSSR count). The molecule has 0 aromatic rings. The van der Waals surface area contributed by atoms with E-state index in [1.807, 2.05) is 18.2 Å². The summed E-state index contributed by atoms with van der Waals surface area (Å²) in [4.78, 5) is 10.8. The van der Waals surface area contributed by atoms with Crippen LogP contribution < -0.4 is 0 Å². The maximum Gasteiger partial charge on any atom is 0.303 e. The van der Waals surface area contributed by atoms with Gasteiger partial charge < -0.3 is 20.1 Å². The van der Waals surface area contributed by atoms with Gasteiger partial charge in [0.15, 0.2) is 0 Å². The number of carboxylic acids is 1. The van der Waals surface area contributed by atoms with E-state index in [0.717, 1.165) is 19.3 Å². The van der Waals surface area contributed by atoms with Crippen molar-refractivity contribution in [3.05, 3.63) is 23.8 Å². The van der Waals surface area contributed by atoms with E-state index in [-0.39, 0.29) is 24.2 Å². The highest BCUT2D eigenvalue weighted by Gasteiger charge is 2.61. The molecule has 0 spiro atoms. The van der Waals surface area contributed by atoms with Crippen LogP contribution in [-0.2, 0) is 9.53 Å². The summed E-state index contributed by atoms with van der Waals surface area (Å²) < 4.78 is 6.00. The maximum atomic E-state index is 10.8. The number of hydrogen-bond acceptors (Lipinski definition) is 4. The highest BCUT2D eigenvalue weighted by Crippen LogP contribution is 2.60. The van der Waals surface area contributed by atoms with E-state index in [2.05, 4.69) is 6.92 Å². The van der Waals surface area contributed by atoms with Crippen LogP contribution in [-0.4, -0.2) is 46.2 Å². The third-order valence-electron chi connectivity index (χ3n) is 7.48. The van der Waals surface area contributed by atoms with E-state index < -0.39 is 23.8 Å². The van der Waals surface area contributed by atoms with E-state index in [1.165, 1.54) is 24.8 Å². The Morgan fingerprint density at radius 1 is 1.29 bits per heavy atom.